The Morgan fingerprint density at radius 1 is 0.323 bits per heavy atom. The van der Waals surface area contributed by atoms with Gasteiger partial charge in [0.1, 0.15) is 0 Å². The Labute approximate surface area is 243 Å². The van der Waals surface area contributed by atoms with Gasteiger partial charge in [0, 0.05) is 0 Å². The second kappa shape index (κ2) is 58.4. The van der Waals surface area contributed by atoms with Crippen molar-refractivity contribution in [3.63, 3.8) is 0 Å². The van der Waals surface area contributed by atoms with Crippen LogP contribution < -0.4 is 37.2 Å². The molecule has 0 saturated carbocycles. The van der Waals surface area contributed by atoms with Gasteiger partial charge >= 0.3 is 20.1 Å². The Bertz CT molecular complexity index is 167. The summed E-state index contributed by atoms with van der Waals surface area (Å²) >= 11 is 6.31. The minimum absolute atomic E-state index is 0. The van der Waals surface area contributed by atoms with Crippen molar-refractivity contribution in [1.29, 1.82) is 0 Å². The molecule has 0 N–H and O–H groups in total. The molecule has 0 rings (SSSR count). The molecule has 198 valence electrons. The maximum absolute atomic E-state index is 2.25. The third kappa shape index (κ3) is 71.9. The van der Waals surface area contributed by atoms with Gasteiger partial charge in [-0.05, 0) is 73.0 Å². The summed E-state index contributed by atoms with van der Waals surface area (Å²) in [7, 11) is 0. The van der Waals surface area contributed by atoms with Crippen molar-refractivity contribution < 1.29 is 57.3 Å². The fraction of sp³-hybridized carbons (Fsp3) is 1.00. The van der Waals surface area contributed by atoms with Crippen LogP contribution in [0.4, 0.5) is 0 Å². The van der Waals surface area contributed by atoms with Crippen LogP contribution in [0.3, 0.4) is 0 Å². The third-order valence-electron chi connectivity index (χ3n) is 3.85. The Hall–Kier alpha value is 2.57. The summed E-state index contributed by atoms with van der Waals surface area (Å²) in [6.07, 6.45) is 16.5. The monoisotopic (exact) mass is 736 g/mol. The Morgan fingerprint density at radius 2 is 0.452 bits per heavy atom. The second-order valence-corrected chi connectivity index (χ2v) is 10.6. The molecule has 0 aliphatic carbocycles. The van der Waals surface area contributed by atoms with Crippen LogP contribution in [0.1, 0.15) is 119 Å². The molecule has 0 aromatic rings. The fourth-order valence-corrected chi connectivity index (χ4v) is 5.35. The van der Waals surface area contributed by atoms with Crippen LogP contribution in [-0.4, -0.2) is 34.5 Å². The average molecular weight is 737 g/mol. The van der Waals surface area contributed by atoms with Gasteiger partial charge in [-0.25, -0.2) is 0 Å². The van der Waals surface area contributed by atoms with E-state index in [9.17, 15) is 0 Å². The predicted molar refractivity (Wildman–Crippen MR) is 141 cm³/mol. The molecule has 0 aromatic carbocycles. The zero-order chi connectivity index (χ0) is 20.8. The molecule has 0 heterocycles. The number of unbranched alkanes of at least 4 members (excludes halogenated alkanes) is 6. The van der Waals surface area contributed by atoms with E-state index in [1.807, 2.05) is 0 Å². The Kier molecular flexibility index (Phi) is 95.1. The van der Waals surface area contributed by atoms with E-state index < -0.39 is 0 Å². The Balaban J connectivity index is -0.0000000524. The van der Waals surface area contributed by atoms with Crippen molar-refractivity contribution in [2.24, 2.45) is 0 Å². The van der Waals surface area contributed by atoms with E-state index in [0.29, 0.717) is 0 Å². The number of halogens is 3. The molecule has 0 aromatic heterocycles. The van der Waals surface area contributed by atoms with Crippen LogP contribution in [-0.2, 0) is 20.1 Å². The normalized spacial score (nSPS) is 8.71. The molecule has 0 spiro atoms. The topological polar surface area (TPSA) is 0 Å². The van der Waals surface area contributed by atoms with E-state index in [4.69, 9.17) is 0 Å². The van der Waals surface area contributed by atoms with E-state index >= 15 is 0 Å². The summed E-state index contributed by atoms with van der Waals surface area (Å²) in [5.74, 6) is 8.23. The van der Waals surface area contributed by atoms with Gasteiger partial charge < -0.3 is 37.2 Å². The fourth-order valence-electron chi connectivity index (χ4n) is 1.78. The van der Waals surface area contributed by atoms with Gasteiger partial charge in [-0.3, -0.25) is 0 Å². The first-order valence-corrected chi connectivity index (χ1v) is 15.4. The Morgan fingerprint density at radius 3 is 0.548 bits per heavy atom. The first kappa shape index (κ1) is 50.4. The van der Waals surface area contributed by atoms with Crippen molar-refractivity contribution in [2.75, 3.05) is 34.5 Å². The van der Waals surface area contributed by atoms with Crippen LogP contribution in [0.2, 0.25) is 0 Å². The molecule has 0 radical (unpaired) electrons. The number of hydrogen-bond acceptors (Lipinski definition) is 3. The number of hydrogen-bond donors (Lipinski definition) is 0. The molecular weight excluding hydrogens is 683 g/mol. The smallest absolute Gasteiger partial charge is 1.00 e. The molecule has 0 bridgehead atoms. The van der Waals surface area contributed by atoms with Gasteiger partial charge in [-0.2, -0.15) is 35.3 Å². The molecule has 0 aliphatic heterocycles. The first-order chi connectivity index (χ1) is 13.2. The van der Waals surface area contributed by atoms with Crippen molar-refractivity contribution in [1.82, 2.24) is 0 Å². The third-order valence-corrected chi connectivity index (χ3v) is 7.32. The average Bonchev–Trinajstić information content (AvgIpc) is 2.69. The maximum Gasteiger partial charge on any atom is 3.00 e. The molecular formula is C24H54Cl3IrS3. The maximum atomic E-state index is 2.25. The summed E-state index contributed by atoms with van der Waals surface area (Å²) in [5, 5.41) is 0. The largest absolute Gasteiger partial charge is 3.00 e. The summed E-state index contributed by atoms with van der Waals surface area (Å²) < 4.78 is 0. The zero-order valence-corrected chi connectivity index (χ0v) is 28.5. The molecule has 0 fully saturated rings. The molecule has 0 unspecified atom stereocenters. The van der Waals surface area contributed by atoms with Gasteiger partial charge in [-0.15, -0.1) is 0 Å². The molecule has 31 heavy (non-hydrogen) atoms. The van der Waals surface area contributed by atoms with Crippen LogP contribution in [0.25, 0.3) is 0 Å². The predicted octanol–water partition coefficient (Wildman–Crippen LogP) is 0.969. The van der Waals surface area contributed by atoms with Crippen LogP contribution in [0, 0.1) is 0 Å². The minimum Gasteiger partial charge on any atom is -1.00 e. The number of rotatable bonds is 18. The number of thioether (sulfide) groups is 3. The van der Waals surface area contributed by atoms with Gasteiger partial charge in [0.2, 0.25) is 0 Å². The van der Waals surface area contributed by atoms with E-state index in [0.717, 1.165) is 0 Å². The van der Waals surface area contributed by atoms with Crippen LogP contribution in [0.15, 0.2) is 0 Å². The summed E-state index contributed by atoms with van der Waals surface area (Å²) in [6.45, 7) is 13.5. The molecule has 0 aliphatic rings. The van der Waals surface area contributed by atoms with Crippen molar-refractivity contribution in [3.8, 4) is 0 Å². The van der Waals surface area contributed by atoms with Crippen molar-refractivity contribution in [3.05, 3.63) is 0 Å². The molecule has 0 saturated heterocycles. The molecule has 0 nitrogen and oxygen atoms in total. The zero-order valence-electron chi connectivity index (χ0n) is 21.4. The minimum atomic E-state index is 0. The first-order valence-electron chi connectivity index (χ1n) is 12.0. The van der Waals surface area contributed by atoms with Crippen LogP contribution >= 0.6 is 35.3 Å². The van der Waals surface area contributed by atoms with Gasteiger partial charge in [0.05, 0.1) is 0 Å². The van der Waals surface area contributed by atoms with E-state index in [2.05, 4.69) is 76.8 Å². The second-order valence-electron chi connectivity index (χ2n) is 6.96. The van der Waals surface area contributed by atoms with E-state index in [-0.39, 0.29) is 57.3 Å². The van der Waals surface area contributed by atoms with Gasteiger partial charge in [0.15, 0.2) is 0 Å². The molecule has 7 heteroatoms. The van der Waals surface area contributed by atoms with E-state index in [1.54, 1.807) is 0 Å². The molecule has 0 atom stereocenters. The van der Waals surface area contributed by atoms with E-state index in [1.165, 1.54) is 112 Å². The summed E-state index contributed by atoms with van der Waals surface area (Å²) in [6, 6.07) is 0. The summed E-state index contributed by atoms with van der Waals surface area (Å²) in [5.41, 5.74) is 0. The van der Waals surface area contributed by atoms with Crippen LogP contribution in [0.5, 0.6) is 0 Å². The SMILES string of the molecule is CCCCSCCCC.CCCCSCCCC.CCCCSCCCC.[Cl-].[Cl-].[Cl-].[Ir+3]. The standard InChI is InChI=1S/3C8H18S.3ClH.Ir/c3*1-3-5-7-9-8-6-4-2;;;;/h3*3-8H2,1-2H3;3*1H;/q;;;;;;+3/p-3. The quantitative estimate of drug-likeness (QED) is 0.193. The van der Waals surface area contributed by atoms with Gasteiger partial charge in [0.25, 0.3) is 0 Å². The van der Waals surface area contributed by atoms with Gasteiger partial charge in [-0.1, -0.05) is 80.1 Å². The summed E-state index contributed by atoms with van der Waals surface area (Å²) in [4.78, 5) is 0. The van der Waals surface area contributed by atoms with Crippen molar-refractivity contribution in [2.45, 2.75) is 119 Å². The molecule has 0 amide bonds. The van der Waals surface area contributed by atoms with Crippen molar-refractivity contribution >= 4 is 35.3 Å².